The number of hydrogen-bond donors (Lipinski definition) is 1. The highest BCUT2D eigenvalue weighted by Gasteiger charge is 2.12. The summed E-state index contributed by atoms with van der Waals surface area (Å²) in [4.78, 5) is 23.5. The summed E-state index contributed by atoms with van der Waals surface area (Å²) in [6.07, 6.45) is 1.73. The number of esters is 1. The van der Waals surface area contributed by atoms with Crippen molar-refractivity contribution in [2.75, 3.05) is 11.9 Å². The third-order valence-electron chi connectivity index (χ3n) is 2.94. The SMILES string of the molecule is Cc1ccc(NC(=O)COC(=O)c2cccn2C)cc1Cl. The van der Waals surface area contributed by atoms with Crippen LogP contribution in [-0.2, 0) is 16.6 Å². The number of ether oxygens (including phenoxy) is 1. The molecule has 0 unspecified atom stereocenters. The molecule has 6 heteroatoms. The molecular formula is C15H15ClN2O3. The number of aromatic nitrogens is 1. The zero-order valence-corrected chi connectivity index (χ0v) is 12.5. The van der Waals surface area contributed by atoms with Crippen LogP contribution in [0.4, 0.5) is 5.69 Å². The number of halogens is 1. The highest BCUT2D eigenvalue weighted by Crippen LogP contribution is 2.19. The van der Waals surface area contributed by atoms with Crippen molar-refractivity contribution in [2.45, 2.75) is 6.92 Å². The van der Waals surface area contributed by atoms with Gasteiger partial charge in [-0.25, -0.2) is 4.79 Å². The van der Waals surface area contributed by atoms with Gasteiger partial charge in [0.15, 0.2) is 6.61 Å². The van der Waals surface area contributed by atoms with Crippen molar-refractivity contribution in [1.82, 2.24) is 4.57 Å². The largest absolute Gasteiger partial charge is 0.451 e. The summed E-state index contributed by atoms with van der Waals surface area (Å²) in [6, 6.07) is 8.53. The third-order valence-corrected chi connectivity index (χ3v) is 3.35. The lowest BCUT2D eigenvalue weighted by molar-refractivity contribution is -0.119. The number of hydrogen-bond acceptors (Lipinski definition) is 3. The molecule has 0 bridgehead atoms. The number of amides is 1. The fourth-order valence-corrected chi connectivity index (χ4v) is 1.93. The van der Waals surface area contributed by atoms with Crippen molar-refractivity contribution in [3.8, 4) is 0 Å². The number of anilines is 1. The molecule has 0 atom stereocenters. The molecule has 0 aliphatic heterocycles. The Labute approximate surface area is 127 Å². The van der Waals surface area contributed by atoms with E-state index in [0.29, 0.717) is 16.4 Å². The minimum absolute atomic E-state index is 0.352. The van der Waals surface area contributed by atoms with Gasteiger partial charge in [-0.15, -0.1) is 0 Å². The lowest BCUT2D eigenvalue weighted by atomic mass is 10.2. The van der Waals surface area contributed by atoms with Crippen LogP contribution in [0.2, 0.25) is 5.02 Å². The van der Waals surface area contributed by atoms with Gasteiger partial charge in [0.2, 0.25) is 0 Å². The van der Waals surface area contributed by atoms with Crippen molar-refractivity contribution >= 4 is 29.2 Å². The first-order valence-electron chi connectivity index (χ1n) is 6.32. The number of carbonyl (C=O) groups is 2. The zero-order chi connectivity index (χ0) is 15.4. The first-order valence-corrected chi connectivity index (χ1v) is 6.69. The lowest BCUT2D eigenvalue weighted by Crippen LogP contribution is -2.21. The van der Waals surface area contributed by atoms with Crippen LogP contribution in [0.5, 0.6) is 0 Å². The van der Waals surface area contributed by atoms with Gasteiger partial charge >= 0.3 is 5.97 Å². The van der Waals surface area contributed by atoms with Crippen LogP contribution in [0.3, 0.4) is 0 Å². The zero-order valence-electron chi connectivity index (χ0n) is 11.7. The number of rotatable bonds is 4. The second-order valence-electron chi connectivity index (χ2n) is 4.59. The predicted octanol–water partition coefficient (Wildman–Crippen LogP) is 2.78. The lowest BCUT2D eigenvalue weighted by Gasteiger charge is -2.08. The smallest absolute Gasteiger partial charge is 0.355 e. The Kier molecular flexibility index (Phi) is 4.65. The molecule has 1 heterocycles. The highest BCUT2D eigenvalue weighted by atomic mass is 35.5. The predicted molar refractivity (Wildman–Crippen MR) is 80.5 cm³/mol. The van der Waals surface area contributed by atoms with Crippen LogP contribution in [0.25, 0.3) is 0 Å². The molecule has 110 valence electrons. The van der Waals surface area contributed by atoms with Crippen molar-refractivity contribution in [3.63, 3.8) is 0 Å². The van der Waals surface area contributed by atoms with E-state index in [1.807, 2.05) is 6.92 Å². The van der Waals surface area contributed by atoms with Gasteiger partial charge in [0.25, 0.3) is 5.91 Å². The molecule has 1 aromatic heterocycles. The molecule has 0 aliphatic carbocycles. The second kappa shape index (κ2) is 6.45. The summed E-state index contributed by atoms with van der Waals surface area (Å²) in [7, 11) is 1.73. The summed E-state index contributed by atoms with van der Waals surface area (Å²) >= 11 is 5.97. The van der Waals surface area contributed by atoms with Crippen molar-refractivity contribution in [2.24, 2.45) is 7.05 Å². The van der Waals surface area contributed by atoms with Crippen LogP contribution in [0, 0.1) is 6.92 Å². The van der Waals surface area contributed by atoms with Gasteiger partial charge in [-0.2, -0.15) is 0 Å². The van der Waals surface area contributed by atoms with E-state index in [1.54, 1.807) is 48.1 Å². The fraction of sp³-hybridized carbons (Fsp3) is 0.200. The number of aryl methyl sites for hydroxylation is 2. The monoisotopic (exact) mass is 306 g/mol. The Hall–Kier alpha value is -2.27. The van der Waals surface area contributed by atoms with E-state index in [9.17, 15) is 9.59 Å². The van der Waals surface area contributed by atoms with Gasteiger partial charge in [-0.3, -0.25) is 4.79 Å². The maximum absolute atomic E-state index is 11.7. The second-order valence-corrected chi connectivity index (χ2v) is 5.00. The molecule has 0 saturated carbocycles. The summed E-state index contributed by atoms with van der Waals surface area (Å²) in [5.41, 5.74) is 1.87. The van der Waals surface area contributed by atoms with Crippen LogP contribution < -0.4 is 5.32 Å². The Balaban J connectivity index is 1.89. The van der Waals surface area contributed by atoms with Crippen LogP contribution in [0.15, 0.2) is 36.5 Å². The van der Waals surface area contributed by atoms with E-state index in [1.165, 1.54) is 0 Å². The summed E-state index contributed by atoms with van der Waals surface area (Å²) < 4.78 is 6.58. The molecule has 2 rings (SSSR count). The van der Waals surface area contributed by atoms with Crippen LogP contribution in [0.1, 0.15) is 16.1 Å². The molecule has 0 radical (unpaired) electrons. The molecular weight excluding hydrogens is 292 g/mol. The molecule has 0 spiro atoms. The van der Waals surface area contributed by atoms with E-state index >= 15 is 0 Å². The summed E-state index contributed by atoms with van der Waals surface area (Å²) in [6.45, 7) is 1.52. The molecule has 0 saturated heterocycles. The quantitative estimate of drug-likeness (QED) is 0.884. The Morgan fingerprint density at radius 2 is 2.10 bits per heavy atom. The van der Waals surface area contributed by atoms with Gasteiger partial charge < -0.3 is 14.6 Å². The normalized spacial score (nSPS) is 10.2. The van der Waals surface area contributed by atoms with E-state index in [2.05, 4.69) is 5.32 Å². The molecule has 1 aromatic carbocycles. The van der Waals surface area contributed by atoms with Crippen molar-refractivity contribution < 1.29 is 14.3 Å². The minimum Gasteiger partial charge on any atom is -0.451 e. The van der Waals surface area contributed by atoms with Crippen LogP contribution in [-0.4, -0.2) is 23.1 Å². The first-order chi connectivity index (χ1) is 9.97. The standard InChI is InChI=1S/C15H15ClN2O3/c1-10-5-6-11(8-12(10)16)17-14(19)9-21-15(20)13-4-3-7-18(13)2/h3-8H,9H2,1-2H3,(H,17,19). The Morgan fingerprint density at radius 1 is 1.33 bits per heavy atom. The molecule has 0 aliphatic rings. The molecule has 21 heavy (non-hydrogen) atoms. The molecule has 0 fully saturated rings. The maximum atomic E-state index is 11.7. The topological polar surface area (TPSA) is 60.3 Å². The van der Waals surface area contributed by atoms with Crippen LogP contribution >= 0.6 is 11.6 Å². The highest BCUT2D eigenvalue weighted by molar-refractivity contribution is 6.31. The van der Waals surface area contributed by atoms with Gasteiger partial charge in [0, 0.05) is 24.0 Å². The van der Waals surface area contributed by atoms with Gasteiger partial charge in [0.05, 0.1) is 0 Å². The summed E-state index contributed by atoms with van der Waals surface area (Å²) in [5, 5.41) is 3.18. The van der Waals surface area contributed by atoms with E-state index in [4.69, 9.17) is 16.3 Å². The fourth-order valence-electron chi connectivity index (χ4n) is 1.75. The average molecular weight is 307 g/mol. The average Bonchev–Trinajstić information content (AvgIpc) is 2.86. The van der Waals surface area contributed by atoms with Crippen molar-refractivity contribution in [3.05, 3.63) is 52.8 Å². The van der Waals surface area contributed by atoms with E-state index < -0.39 is 11.9 Å². The number of benzene rings is 1. The number of carbonyl (C=O) groups excluding carboxylic acids is 2. The van der Waals surface area contributed by atoms with Gasteiger partial charge in [-0.05, 0) is 36.8 Å². The summed E-state index contributed by atoms with van der Waals surface area (Å²) in [5.74, 6) is -0.961. The van der Waals surface area contributed by atoms with E-state index in [0.717, 1.165) is 5.56 Å². The minimum atomic E-state index is -0.542. The maximum Gasteiger partial charge on any atom is 0.355 e. The first kappa shape index (κ1) is 15.1. The molecule has 2 aromatic rings. The van der Waals surface area contributed by atoms with Gasteiger partial charge in [0.1, 0.15) is 5.69 Å². The Bertz CT molecular complexity index is 679. The number of nitrogens with zero attached hydrogens (tertiary/aromatic N) is 1. The third kappa shape index (κ3) is 3.86. The van der Waals surface area contributed by atoms with Gasteiger partial charge in [-0.1, -0.05) is 17.7 Å². The Morgan fingerprint density at radius 3 is 2.71 bits per heavy atom. The van der Waals surface area contributed by atoms with Crippen molar-refractivity contribution in [1.29, 1.82) is 0 Å². The number of nitrogens with one attached hydrogen (secondary N) is 1. The molecule has 1 N–H and O–H groups in total. The molecule has 5 nitrogen and oxygen atoms in total. The van der Waals surface area contributed by atoms with E-state index in [-0.39, 0.29) is 6.61 Å². The molecule has 1 amide bonds.